The molecule has 2 rings (SSSR count). The molecule has 0 unspecified atom stereocenters. The number of ether oxygens (including phenoxy) is 1. The fraction of sp³-hybridized carbons (Fsp3) is 0.333. The molecular formula is C15H17FN2O3. The summed E-state index contributed by atoms with van der Waals surface area (Å²) in [6, 6.07) is 3.90. The van der Waals surface area contributed by atoms with Gasteiger partial charge in [-0.25, -0.2) is 4.39 Å². The van der Waals surface area contributed by atoms with Crippen LogP contribution in [0.5, 0.6) is 5.75 Å². The average molecular weight is 292 g/mol. The van der Waals surface area contributed by atoms with Gasteiger partial charge in [0.1, 0.15) is 5.56 Å². The molecule has 0 saturated heterocycles. The summed E-state index contributed by atoms with van der Waals surface area (Å²) in [4.78, 5) is 24.4. The molecule has 0 aliphatic rings. The van der Waals surface area contributed by atoms with Gasteiger partial charge in [-0.15, -0.1) is 0 Å². The summed E-state index contributed by atoms with van der Waals surface area (Å²) in [7, 11) is 1.34. The lowest BCUT2D eigenvalue weighted by Crippen LogP contribution is -2.14. The molecular weight excluding hydrogens is 275 g/mol. The number of methoxy groups -OCH3 is 1. The Balaban J connectivity index is 2.50. The highest BCUT2D eigenvalue weighted by Gasteiger charge is 2.22. The zero-order valence-electron chi connectivity index (χ0n) is 12.4. The van der Waals surface area contributed by atoms with Crippen molar-refractivity contribution in [1.29, 1.82) is 0 Å². The van der Waals surface area contributed by atoms with Gasteiger partial charge < -0.3 is 4.74 Å². The molecule has 1 heterocycles. The molecule has 0 aliphatic heterocycles. The van der Waals surface area contributed by atoms with E-state index in [9.17, 15) is 14.0 Å². The number of hydrogen-bond donors (Lipinski definition) is 1. The van der Waals surface area contributed by atoms with Crippen LogP contribution in [-0.4, -0.2) is 22.7 Å². The quantitative estimate of drug-likeness (QED) is 0.880. The fourth-order valence-electron chi connectivity index (χ4n) is 2.27. The minimum atomic E-state index is -0.638. The van der Waals surface area contributed by atoms with Crippen LogP contribution >= 0.6 is 0 Å². The van der Waals surface area contributed by atoms with Crippen molar-refractivity contribution in [2.24, 2.45) is 0 Å². The van der Waals surface area contributed by atoms with Crippen LogP contribution in [0.4, 0.5) is 4.39 Å². The third-order valence-corrected chi connectivity index (χ3v) is 3.33. The Morgan fingerprint density at radius 2 is 2.05 bits per heavy atom. The van der Waals surface area contributed by atoms with E-state index in [0.29, 0.717) is 5.69 Å². The van der Waals surface area contributed by atoms with Gasteiger partial charge in [-0.2, -0.15) is 0 Å². The van der Waals surface area contributed by atoms with Crippen LogP contribution in [0.15, 0.2) is 23.0 Å². The second kappa shape index (κ2) is 5.55. The first-order valence-electron chi connectivity index (χ1n) is 6.56. The Morgan fingerprint density at radius 1 is 1.38 bits per heavy atom. The summed E-state index contributed by atoms with van der Waals surface area (Å²) in [6.07, 6.45) is 0. The van der Waals surface area contributed by atoms with Gasteiger partial charge in [-0.3, -0.25) is 19.4 Å². The van der Waals surface area contributed by atoms with Gasteiger partial charge in [0, 0.05) is 17.3 Å². The first kappa shape index (κ1) is 15.0. The van der Waals surface area contributed by atoms with E-state index in [1.807, 2.05) is 13.8 Å². The van der Waals surface area contributed by atoms with E-state index >= 15 is 0 Å². The van der Waals surface area contributed by atoms with E-state index in [1.165, 1.54) is 19.2 Å². The molecule has 0 aliphatic carbocycles. The molecule has 1 N–H and O–H groups in total. The molecule has 5 nitrogen and oxygen atoms in total. The SMILES string of the molecule is COc1ccc(C(=O)c2c(C)n(C(C)C)[nH]c2=O)cc1F. The van der Waals surface area contributed by atoms with Crippen molar-refractivity contribution >= 4 is 5.78 Å². The van der Waals surface area contributed by atoms with Crippen molar-refractivity contribution in [3.8, 4) is 5.75 Å². The number of carbonyl (C=O) groups excluding carboxylic acids is 1. The lowest BCUT2D eigenvalue weighted by atomic mass is 10.0. The number of carbonyl (C=O) groups is 1. The Hall–Kier alpha value is -2.37. The standard InChI is InChI=1S/C15H17FN2O3/c1-8(2)18-9(3)13(15(20)17-18)14(19)10-5-6-12(21-4)11(16)7-10/h5-8H,1-4H3,(H,17,20). The van der Waals surface area contributed by atoms with Crippen LogP contribution in [0.2, 0.25) is 0 Å². The largest absolute Gasteiger partial charge is 0.494 e. The predicted octanol–water partition coefficient (Wildman–Crippen LogP) is 2.44. The Labute approximate surface area is 121 Å². The second-order valence-corrected chi connectivity index (χ2v) is 5.04. The number of nitrogens with one attached hydrogen (secondary N) is 1. The van der Waals surface area contributed by atoms with E-state index in [1.54, 1.807) is 11.6 Å². The average Bonchev–Trinajstić information content (AvgIpc) is 2.73. The Bertz CT molecular complexity index is 744. The lowest BCUT2D eigenvalue weighted by molar-refractivity contribution is 0.103. The molecule has 0 spiro atoms. The number of nitrogens with zero attached hydrogens (tertiary/aromatic N) is 1. The van der Waals surface area contributed by atoms with Crippen LogP contribution in [0, 0.1) is 12.7 Å². The van der Waals surface area contributed by atoms with E-state index in [-0.39, 0.29) is 22.9 Å². The maximum atomic E-state index is 13.7. The predicted molar refractivity (Wildman–Crippen MR) is 76.6 cm³/mol. The number of hydrogen-bond acceptors (Lipinski definition) is 3. The maximum absolute atomic E-state index is 13.7. The summed E-state index contributed by atoms with van der Waals surface area (Å²) in [5, 5.41) is 2.62. The van der Waals surface area contributed by atoms with Crippen molar-refractivity contribution in [3.05, 3.63) is 51.2 Å². The number of aromatic nitrogens is 2. The summed E-state index contributed by atoms with van der Waals surface area (Å²) >= 11 is 0. The topological polar surface area (TPSA) is 64.1 Å². The van der Waals surface area contributed by atoms with E-state index in [2.05, 4.69) is 5.10 Å². The van der Waals surface area contributed by atoms with E-state index in [0.717, 1.165) is 6.07 Å². The summed E-state index contributed by atoms with van der Waals surface area (Å²) < 4.78 is 20.1. The molecule has 0 atom stereocenters. The molecule has 1 aromatic heterocycles. The smallest absolute Gasteiger partial charge is 0.275 e. The van der Waals surface area contributed by atoms with Crippen LogP contribution < -0.4 is 10.3 Å². The van der Waals surface area contributed by atoms with Crippen molar-refractivity contribution in [2.75, 3.05) is 7.11 Å². The summed E-state index contributed by atoms with van der Waals surface area (Å²) in [5.41, 5.74) is 0.218. The van der Waals surface area contributed by atoms with E-state index in [4.69, 9.17) is 4.74 Å². The van der Waals surface area contributed by atoms with Crippen molar-refractivity contribution in [3.63, 3.8) is 0 Å². The number of H-pyrrole nitrogens is 1. The zero-order valence-corrected chi connectivity index (χ0v) is 12.4. The van der Waals surface area contributed by atoms with Crippen LogP contribution in [0.25, 0.3) is 0 Å². The third-order valence-electron chi connectivity index (χ3n) is 3.33. The molecule has 1 aromatic carbocycles. The monoisotopic (exact) mass is 292 g/mol. The number of halogens is 1. The molecule has 112 valence electrons. The van der Waals surface area contributed by atoms with Gasteiger partial charge in [0.2, 0.25) is 5.78 Å². The molecule has 0 amide bonds. The molecule has 0 bridgehead atoms. The van der Waals surface area contributed by atoms with Gasteiger partial charge in [-0.1, -0.05) is 0 Å². The summed E-state index contributed by atoms with van der Waals surface area (Å²) in [6.45, 7) is 5.47. The zero-order chi connectivity index (χ0) is 15.7. The minimum Gasteiger partial charge on any atom is -0.494 e. The van der Waals surface area contributed by atoms with Gasteiger partial charge in [0.05, 0.1) is 7.11 Å². The second-order valence-electron chi connectivity index (χ2n) is 5.04. The normalized spacial score (nSPS) is 11.0. The molecule has 0 radical (unpaired) electrons. The number of rotatable bonds is 4. The minimum absolute atomic E-state index is 0.0202. The van der Waals surface area contributed by atoms with Crippen molar-refractivity contribution in [1.82, 2.24) is 9.78 Å². The fourth-order valence-corrected chi connectivity index (χ4v) is 2.27. The van der Waals surface area contributed by atoms with Gasteiger partial charge in [0.15, 0.2) is 11.6 Å². The molecule has 6 heteroatoms. The molecule has 0 saturated carbocycles. The van der Waals surface area contributed by atoms with Crippen LogP contribution in [0.3, 0.4) is 0 Å². The van der Waals surface area contributed by atoms with Gasteiger partial charge >= 0.3 is 0 Å². The highest BCUT2D eigenvalue weighted by atomic mass is 19.1. The van der Waals surface area contributed by atoms with Gasteiger partial charge in [0.25, 0.3) is 5.56 Å². The number of benzene rings is 1. The number of ketones is 1. The Morgan fingerprint density at radius 3 is 2.52 bits per heavy atom. The first-order chi connectivity index (χ1) is 9.86. The van der Waals surface area contributed by atoms with Crippen LogP contribution in [0.1, 0.15) is 41.5 Å². The highest BCUT2D eigenvalue weighted by molar-refractivity contribution is 6.09. The van der Waals surface area contributed by atoms with Gasteiger partial charge in [-0.05, 0) is 39.0 Å². The summed E-state index contributed by atoms with van der Waals surface area (Å²) in [5.74, 6) is -1.09. The maximum Gasteiger partial charge on any atom is 0.275 e. The lowest BCUT2D eigenvalue weighted by Gasteiger charge is -2.09. The molecule has 21 heavy (non-hydrogen) atoms. The molecule has 0 fully saturated rings. The third kappa shape index (κ3) is 2.61. The Kier molecular flexibility index (Phi) is 3.97. The van der Waals surface area contributed by atoms with Crippen molar-refractivity contribution < 1.29 is 13.9 Å². The van der Waals surface area contributed by atoms with Crippen LogP contribution in [-0.2, 0) is 0 Å². The van der Waals surface area contributed by atoms with E-state index < -0.39 is 17.2 Å². The first-order valence-corrected chi connectivity index (χ1v) is 6.56. The highest BCUT2D eigenvalue weighted by Crippen LogP contribution is 2.20. The number of aromatic amines is 1. The van der Waals surface area contributed by atoms with Crippen molar-refractivity contribution in [2.45, 2.75) is 26.8 Å². The molecule has 2 aromatic rings.